The van der Waals surface area contributed by atoms with Crippen LogP contribution in [-0.2, 0) is 0 Å². The average molecular weight is 261 g/mol. The van der Waals surface area contributed by atoms with Crippen molar-refractivity contribution >= 4 is 11.9 Å². The highest BCUT2D eigenvalue weighted by molar-refractivity contribution is 5.82. The zero-order valence-electron chi connectivity index (χ0n) is 12.1. The summed E-state index contributed by atoms with van der Waals surface area (Å²) in [6, 6.07) is 16.3. The fraction of sp³-hybridized carbons (Fsp3) is 0.211. The molecule has 1 heteroatoms. The van der Waals surface area contributed by atoms with E-state index in [9.17, 15) is 0 Å². The van der Waals surface area contributed by atoms with Crippen LogP contribution in [0.4, 0.5) is 5.69 Å². The summed E-state index contributed by atoms with van der Waals surface area (Å²) in [5.74, 6) is 6.37. The molecule has 20 heavy (non-hydrogen) atoms. The first kappa shape index (κ1) is 14.1. The minimum absolute atomic E-state index is 0.927. The van der Waals surface area contributed by atoms with E-state index in [2.05, 4.69) is 48.9 Å². The summed E-state index contributed by atoms with van der Waals surface area (Å²) < 4.78 is 0. The molecule has 0 aliphatic carbocycles. The molecule has 0 radical (unpaired) electrons. The number of aryl methyl sites for hydroxylation is 1. The van der Waals surface area contributed by atoms with Crippen molar-refractivity contribution in [2.75, 3.05) is 0 Å². The van der Waals surface area contributed by atoms with Crippen molar-refractivity contribution in [1.82, 2.24) is 0 Å². The summed E-state index contributed by atoms with van der Waals surface area (Å²) in [6.45, 7) is 4.22. The van der Waals surface area contributed by atoms with E-state index in [-0.39, 0.29) is 0 Å². The van der Waals surface area contributed by atoms with Crippen LogP contribution in [-0.4, -0.2) is 6.21 Å². The van der Waals surface area contributed by atoms with Crippen LogP contribution < -0.4 is 0 Å². The maximum atomic E-state index is 4.57. The van der Waals surface area contributed by atoms with Crippen LogP contribution in [0.1, 0.15) is 36.5 Å². The molecule has 0 heterocycles. The van der Waals surface area contributed by atoms with Crippen molar-refractivity contribution in [3.8, 4) is 11.8 Å². The van der Waals surface area contributed by atoms with Crippen molar-refractivity contribution in [1.29, 1.82) is 0 Å². The first-order valence-corrected chi connectivity index (χ1v) is 6.98. The number of rotatable bonds is 3. The Morgan fingerprint density at radius 2 is 1.95 bits per heavy atom. The molecule has 0 amide bonds. The Morgan fingerprint density at radius 3 is 2.75 bits per heavy atom. The Kier molecular flexibility index (Phi) is 5.15. The highest BCUT2D eigenvalue weighted by atomic mass is 14.7. The molecule has 0 aliphatic rings. The molecule has 0 bridgehead atoms. The van der Waals surface area contributed by atoms with Crippen LogP contribution in [0.2, 0.25) is 0 Å². The summed E-state index contributed by atoms with van der Waals surface area (Å²) in [5, 5.41) is 0. The van der Waals surface area contributed by atoms with Crippen molar-refractivity contribution in [3.05, 3.63) is 65.2 Å². The van der Waals surface area contributed by atoms with E-state index in [1.165, 1.54) is 5.56 Å². The maximum Gasteiger partial charge on any atom is 0.0786 e. The van der Waals surface area contributed by atoms with Crippen molar-refractivity contribution in [2.45, 2.75) is 26.7 Å². The number of benzene rings is 2. The van der Waals surface area contributed by atoms with Gasteiger partial charge in [-0.15, -0.1) is 0 Å². The molecule has 2 aromatic rings. The lowest BCUT2D eigenvalue weighted by Crippen LogP contribution is -1.83. The van der Waals surface area contributed by atoms with Crippen LogP contribution in [0.5, 0.6) is 0 Å². The second-order valence-corrected chi connectivity index (χ2v) is 4.74. The van der Waals surface area contributed by atoms with Gasteiger partial charge in [-0.05, 0) is 31.0 Å². The van der Waals surface area contributed by atoms with Gasteiger partial charge in [0.25, 0.3) is 0 Å². The second kappa shape index (κ2) is 7.31. The van der Waals surface area contributed by atoms with Gasteiger partial charge >= 0.3 is 0 Å². The van der Waals surface area contributed by atoms with Crippen LogP contribution in [0.25, 0.3) is 0 Å². The zero-order valence-corrected chi connectivity index (χ0v) is 12.1. The van der Waals surface area contributed by atoms with Crippen molar-refractivity contribution < 1.29 is 0 Å². The van der Waals surface area contributed by atoms with E-state index in [1.54, 1.807) is 0 Å². The quantitative estimate of drug-likeness (QED) is 0.550. The topological polar surface area (TPSA) is 12.4 Å². The van der Waals surface area contributed by atoms with Crippen molar-refractivity contribution in [2.24, 2.45) is 4.99 Å². The average Bonchev–Trinajstić information content (AvgIpc) is 2.47. The molecule has 1 nitrogen and oxygen atoms in total. The minimum Gasteiger partial charge on any atom is -0.255 e. The minimum atomic E-state index is 0.927. The predicted molar refractivity (Wildman–Crippen MR) is 86.7 cm³/mol. The van der Waals surface area contributed by atoms with Crippen molar-refractivity contribution in [3.63, 3.8) is 0 Å². The monoisotopic (exact) mass is 261 g/mol. The lowest BCUT2D eigenvalue weighted by atomic mass is 10.1. The normalized spacial score (nSPS) is 10.3. The summed E-state index contributed by atoms with van der Waals surface area (Å²) in [5.41, 5.74) is 4.27. The van der Waals surface area contributed by atoms with E-state index in [0.717, 1.165) is 29.7 Å². The Balaban J connectivity index is 2.23. The van der Waals surface area contributed by atoms with Gasteiger partial charge in [-0.3, -0.25) is 4.99 Å². The Bertz CT molecular complexity index is 657. The van der Waals surface area contributed by atoms with Gasteiger partial charge in [-0.25, -0.2) is 0 Å². The molecule has 2 aromatic carbocycles. The van der Waals surface area contributed by atoms with Gasteiger partial charge in [0, 0.05) is 12.6 Å². The number of hydrogen-bond acceptors (Lipinski definition) is 1. The third-order valence-electron chi connectivity index (χ3n) is 2.90. The Morgan fingerprint density at radius 1 is 1.10 bits per heavy atom. The standard InChI is InChI=1S/C19H19N/c1-3-4-5-11-18-12-6-7-13-19(18)20-15-17-10-8-9-16(2)14-17/h6-10,12-15H,3-4H2,1-2H3. The van der Waals surface area contributed by atoms with Gasteiger partial charge in [0.15, 0.2) is 0 Å². The Hall–Kier alpha value is -2.33. The number of unbranched alkanes of at least 4 members (excludes halogenated alkanes) is 1. The van der Waals surface area contributed by atoms with E-state index in [1.807, 2.05) is 36.5 Å². The number of aliphatic imine (C=N–C) groups is 1. The first-order chi connectivity index (χ1) is 9.79. The van der Waals surface area contributed by atoms with Gasteiger partial charge in [0.2, 0.25) is 0 Å². The zero-order chi connectivity index (χ0) is 14.2. The second-order valence-electron chi connectivity index (χ2n) is 4.74. The molecule has 0 atom stereocenters. The molecular formula is C19H19N. The van der Waals surface area contributed by atoms with E-state index in [0.29, 0.717) is 0 Å². The fourth-order valence-electron chi connectivity index (χ4n) is 1.87. The smallest absolute Gasteiger partial charge is 0.0786 e. The molecule has 0 N–H and O–H groups in total. The van der Waals surface area contributed by atoms with Crippen LogP contribution in [0.15, 0.2) is 53.5 Å². The molecule has 100 valence electrons. The Labute approximate surface area is 121 Å². The molecule has 0 saturated carbocycles. The lowest BCUT2D eigenvalue weighted by molar-refractivity contribution is 0.983. The van der Waals surface area contributed by atoms with E-state index < -0.39 is 0 Å². The molecule has 0 saturated heterocycles. The molecule has 0 fully saturated rings. The third-order valence-corrected chi connectivity index (χ3v) is 2.90. The van der Waals surface area contributed by atoms with Gasteiger partial charge in [0.1, 0.15) is 0 Å². The maximum absolute atomic E-state index is 4.57. The van der Waals surface area contributed by atoms with Gasteiger partial charge in [0.05, 0.1) is 11.3 Å². The lowest BCUT2D eigenvalue weighted by Gasteiger charge is -1.99. The summed E-state index contributed by atoms with van der Waals surface area (Å²) in [6.07, 6.45) is 3.91. The van der Waals surface area contributed by atoms with Crippen LogP contribution in [0.3, 0.4) is 0 Å². The number of hydrogen-bond donors (Lipinski definition) is 0. The molecule has 0 aliphatic heterocycles. The van der Waals surface area contributed by atoms with Gasteiger partial charge in [-0.1, -0.05) is 60.7 Å². The third kappa shape index (κ3) is 4.10. The molecule has 0 unspecified atom stereocenters. The highest BCUT2D eigenvalue weighted by Gasteiger charge is 1.96. The SMILES string of the molecule is CCCC#Cc1ccccc1N=Cc1cccc(C)c1. The molecule has 0 spiro atoms. The summed E-state index contributed by atoms with van der Waals surface area (Å²) >= 11 is 0. The largest absolute Gasteiger partial charge is 0.255 e. The van der Waals surface area contributed by atoms with Crippen LogP contribution >= 0.6 is 0 Å². The first-order valence-electron chi connectivity index (χ1n) is 6.98. The number of nitrogens with zero attached hydrogens (tertiary/aromatic N) is 1. The fourth-order valence-corrected chi connectivity index (χ4v) is 1.87. The summed E-state index contributed by atoms with van der Waals surface area (Å²) in [7, 11) is 0. The van der Waals surface area contributed by atoms with Gasteiger partial charge in [-0.2, -0.15) is 0 Å². The molecular weight excluding hydrogens is 242 g/mol. The summed E-state index contributed by atoms with van der Waals surface area (Å²) in [4.78, 5) is 4.57. The van der Waals surface area contributed by atoms with E-state index in [4.69, 9.17) is 0 Å². The number of para-hydroxylation sites is 1. The predicted octanol–water partition coefficient (Wildman–Crippen LogP) is 4.90. The van der Waals surface area contributed by atoms with Crippen LogP contribution in [0, 0.1) is 18.8 Å². The van der Waals surface area contributed by atoms with E-state index >= 15 is 0 Å². The molecule has 0 aromatic heterocycles. The highest BCUT2D eigenvalue weighted by Crippen LogP contribution is 2.17. The van der Waals surface area contributed by atoms with Gasteiger partial charge < -0.3 is 0 Å². The molecule has 2 rings (SSSR count).